The summed E-state index contributed by atoms with van der Waals surface area (Å²) in [5, 5.41) is 9.23. The van der Waals surface area contributed by atoms with Crippen LogP contribution in [-0.4, -0.2) is 20.6 Å². The number of hydrogen-bond donors (Lipinski definition) is 2. The van der Waals surface area contributed by atoms with Crippen molar-refractivity contribution in [2.24, 2.45) is 0 Å². The van der Waals surface area contributed by atoms with Crippen LogP contribution in [0.3, 0.4) is 0 Å². The minimum atomic E-state index is -0.943. The van der Waals surface area contributed by atoms with Crippen LogP contribution in [0.4, 0.5) is 0 Å². The monoisotopic (exact) mass is 380 g/mol. The smallest absolute Gasteiger partial charge is 0.335 e. The predicted octanol–water partition coefficient (Wildman–Crippen LogP) is 5.74. The molecule has 3 aromatic rings. The third kappa shape index (κ3) is 2.81. The number of benzene rings is 2. The molecule has 0 amide bonds. The number of imidazole rings is 1. The molecular formula is C22H24N2O2S. The van der Waals surface area contributed by atoms with E-state index >= 15 is 0 Å². The average molecular weight is 381 g/mol. The second-order valence-corrected chi connectivity index (χ2v) is 9.19. The van der Waals surface area contributed by atoms with Gasteiger partial charge in [-0.3, -0.25) is 4.57 Å². The lowest BCUT2D eigenvalue weighted by Gasteiger charge is -2.42. The van der Waals surface area contributed by atoms with E-state index in [-0.39, 0.29) is 16.4 Å². The van der Waals surface area contributed by atoms with Gasteiger partial charge in [0.25, 0.3) is 0 Å². The number of aromatic carboxylic acids is 1. The summed E-state index contributed by atoms with van der Waals surface area (Å²) >= 11 is 5.56. The zero-order valence-corrected chi connectivity index (χ0v) is 16.9. The van der Waals surface area contributed by atoms with Gasteiger partial charge < -0.3 is 10.1 Å². The quantitative estimate of drug-likeness (QED) is 0.558. The third-order valence-corrected chi connectivity index (χ3v) is 6.31. The summed E-state index contributed by atoms with van der Waals surface area (Å²) in [6.45, 7) is 9.23. The Balaban J connectivity index is 1.94. The lowest BCUT2D eigenvalue weighted by Crippen LogP contribution is -2.33. The Bertz CT molecular complexity index is 1130. The lowest BCUT2D eigenvalue weighted by molar-refractivity contribution is 0.0697. The molecule has 140 valence electrons. The van der Waals surface area contributed by atoms with Gasteiger partial charge >= 0.3 is 5.97 Å². The Morgan fingerprint density at radius 3 is 2.37 bits per heavy atom. The Hall–Kier alpha value is -2.40. The number of aromatic amines is 1. The Morgan fingerprint density at radius 1 is 1.04 bits per heavy atom. The van der Waals surface area contributed by atoms with Crippen molar-refractivity contribution >= 4 is 29.2 Å². The largest absolute Gasteiger partial charge is 0.478 e. The van der Waals surface area contributed by atoms with Gasteiger partial charge in [0, 0.05) is 5.69 Å². The highest BCUT2D eigenvalue weighted by Gasteiger charge is 2.37. The molecule has 2 N–H and O–H groups in total. The first-order valence-electron chi connectivity index (χ1n) is 9.24. The van der Waals surface area contributed by atoms with E-state index in [1.54, 1.807) is 12.1 Å². The number of fused-ring (bicyclic) bond motifs is 2. The second-order valence-electron chi connectivity index (χ2n) is 8.80. The van der Waals surface area contributed by atoms with Crippen molar-refractivity contribution in [2.75, 3.05) is 0 Å². The fraction of sp³-hybridized carbons (Fsp3) is 0.364. The summed E-state index contributed by atoms with van der Waals surface area (Å²) in [4.78, 5) is 14.4. The fourth-order valence-electron chi connectivity index (χ4n) is 4.22. The first kappa shape index (κ1) is 18.0. The number of hydrogen-bond acceptors (Lipinski definition) is 2. The van der Waals surface area contributed by atoms with Crippen molar-refractivity contribution in [3.05, 3.63) is 57.9 Å². The normalized spacial score (nSPS) is 17.6. The van der Waals surface area contributed by atoms with E-state index in [2.05, 4.69) is 50.9 Å². The summed E-state index contributed by atoms with van der Waals surface area (Å²) < 4.78 is 2.56. The standard InChI is InChI=1S/C22H24N2O2S/c1-21(2)9-10-22(3,4)16-12-14(6-7-15(16)21)24-18-8-5-13(19(25)26)11-17(18)23-20(24)27/h5-8,11-12H,9-10H2,1-4H3,(H,23,27)(H,25,26). The Kier molecular flexibility index (Phi) is 3.86. The summed E-state index contributed by atoms with van der Waals surface area (Å²) in [5.74, 6) is -0.943. The first-order chi connectivity index (χ1) is 12.6. The molecule has 0 radical (unpaired) electrons. The molecule has 2 aromatic carbocycles. The molecule has 4 rings (SSSR count). The fourth-order valence-corrected chi connectivity index (χ4v) is 4.53. The van der Waals surface area contributed by atoms with Crippen molar-refractivity contribution in [3.8, 4) is 5.69 Å². The van der Waals surface area contributed by atoms with Crippen LogP contribution in [0.1, 0.15) is 62.0 Å². The molecule has 0 fully saturated rings. The highest BCUT2D eigenvalue weighted by atomic mass is 32.1. The molecule has 0 atom stereocenters. The van der Waals surface area contributed by atoms with Crippen LogP contribution < -0.4 is 0 Å². The van der Waals surface area contributed by atoms with Crippen LogP contribution >= 0.6 is 12.2 Å². The van der Waals surface area contributed by atoms with Gasteiger partial charge in [-0.05, 0) is 77.3 Å². The van der Waals surface area contributed by atoms with Crippen LogP contribution in [0, 0.1) is 4.77 Å². The molecule has 5 heteroatoms. The van der Waals surface area contributed by atoms with E-state index in [0.717, 1.165) is 23.1 Å². The minimum absolute atomic E-state index is 0.117. The number of rotatable bonds is 2. The van der Waals surface area contributed by atoms with E-state index in [1.807, 2.05) is 10.6 Å². The molecule has 0 aliphatic heterocycles. The second kappa shape index (κ2) is 5.80. The van der Waals surface area contributed by atoms with Crippen LogP contribution in [0.25, 0.3) is 16.7 Å². The SMILES string of the molecule is CC1(C)CCC(C)(C)c2cc(-n3c(=S)[nH]c4cc(C(=O)O)ccc43)ccc21. The third-order valence-electron chi connectivity index (χ3n) is 6.02. The summed E-state index contributed by atoms with van der Waals surface area (Å²) in [5.41, 5.74) is 5.94. The zero-order valence-electron chi connectivity index (χ0n) is 16.1. The van der Waals surface area contributed by atoms with Crippen LogP contribution in [0.2, 0.25) is 0 Å². The number of carbonyl (C=O) groups is 1. The molecule has 1 aromatic heterocycles. The number of aromatic nitrogens is 2. The van der Waals surface area contributed by atoms with Gasteiger partial charge in [-0.1, -0.05) is 33.8 Å². The maximum Gasteiger partial charge on any atom is 0.335 e. The number of H-pyrrole nitrogens is 1. The minimum Gasteiger partial charge on any atom is -0.478 e. The van der Waals surface area contributed by atoms with Crippen molar-refractivity contribution < 1.29 is 9.90 Å². The lowest BCUT2D eigenvalue weighted by atomic mass is 9.63. The number of carboxylic acids is 1. The molecule has 27 heavy (non-hydrogen) atoms. The van der Waals surface area contributed by atoms with Crippen LogP contribution in [0.15, 0.2) is 36.4 Å². The maximum atomic E-state index is 11.3. The maximum absolute atomic E-state index is 11.3. The molecule has 4 nitrogen and oxygen atoms in total. The first-order valence-corrected chi connectivity index (χ1v) is 9.64. The molecule has 0 saturated heterocycles. The van der Waals surface area contributed by atoms with Gasteiger partial charge in [-0.15, -0.1) is 0 Å². The van der Waals surface area contributed by atoms with E-state index in [0.29, 0.717) is 4.77 Å². The molecule has 0 saturated carbocycles. The Labute approximate surface area is 163 Å². The van der Waals surface area contributed by atoms with E-state index in [9.17, 15) is 9.90 Å². The summed E-state index contributed by atoms with van der Waals surface area (Å²) in [6, 6.07) is 11.7. The van der Waals surface area contributed by atoms with E-state index in [4.69, 9.17) is 12.2 Å². The van der Waals surface area contributed by atoms with Gasteiger partial charge in [0.15, 0.2) is 4.77 Å². The molecule has 1 aliphatic carbocycles. The Morgan fingerprint density at radius 2 is 1.70 bits per heavy atom. The zero-order chi connectivity index (χ0) is 19.6. The van der Waals surface area contributed by atoms with Crippen molar-refractivity contribution in [1.29, 1.82) is 0 Å². The number of nitrogens with one attached hydrogen (secondary N) is 1. The van der Waals surface area contributed by atoms with Gasteiger partial charge in [0.2, 0.25) is 0 Å². The van der Waals surface area contributed by atoms with Crippen molar-refractivity contribution in [2.45, 2.75) is 51.4 Å². The highest BCUT2D eigenvalue weighted by molar-refractivity contribution is 7.71. The van der Waals surface area contributed by atoms with Gasteiger partial charge in [0.1, 0.15) is 0 Å². The van der Waals surface area contributed by atoms with E-state index in [1.165, 1.54) is 17.5 Å². The molecule has 1 aliphatic rings. The average Bonchev–Trinajstić information content (AvgIpc) is 2.93. The molecule has 0 unspecified atom stereocenters. The molecule has 0 spiro atoms. The van der Waals surface area contributed by atoms with E-state index < -0.39 is 5.97 Å². The van der Waals surface area contributed by atoms with Crippen LogP contribution in [-0.2, 0) is 10.8 Å². The molecular weight excluding hydrogens is 356 g/mol. The predicted molar refractivity (Wildman–Crippen MR) is 111 cm³/mol. The van der Waals surface area contributed by atoms with Crippen LogP contribution in [0.5, 0.6) is 0 Å². The highest BCUT2D eigenvalue weighted by Crippen LogP contribution is 2.46. The van der Waals surface area contributed by atoms with Gasteiger partial charge in [-0.2, -0.15) is 0 Å². The molecule has 0 bridgehead atoms. The summed E-state index contributed by atoms with van der Waals surface area (Å²) in [6.07, 6.45) is 2.33. The topological polar surface area (TPSA) is 58.0 Å². The van der Waals surface area contributed by atoms with Gasteiger partial charge in [0.05, 0.1) is 16.6 Å². The number of carboxylic acid groups (broad SMARTS) is 1. The van der Waals surface area contributed by atoms with Crippen molar-refractivity contribution in [3.63, 3.8) is 0 Å². The van der Waals surface area contributed by atoms with Crippen molar-refractivity contribution in [1.82, 2.24) is 9.55 Å². The molecule has 1 heterocycles. The number of nitrogens with zero attached hydrogens (tertiary/aromatic N) is 1. The van der Waals surface area contributed by atoms with Gasteiger partial charge in [-0.25, -0.2) is 4.79 Å². The summed E-state index contributed by atoms with van der Waals surface area (Å²) in [7, 11) is 0.